The van der Waals surface area contributed by atoms with Crippen molar-refractivity contribution in [3.63, 3.8) is 0 Å². The van der Waals surface area contributed by atoms with Crippen molar-refractivity contribution in [3.05, 3.63) is 29.8 Å². The van der Waals surface area contributed by atoms with Crippen molar-refractivity contribution in [2.24, 2.45) is 0 Å². The van der Waals surface area contributed by atoms with E-state index in [-0.39, 0.29) is 10.5 Å². The van der Waals surface area contributed by atoms with Crippen molar-refractivity contribution in [3.8, 4) is 0 Å². The first kappa shape index (κ1) is 15.5. The van der Waals surface area contributed by atoms with Gasteiger partial charge in [0.05, 0.1) is 10.5 Å². The Morgan fingerprint density at radius 1 is 1.14 bits per heavy atom. The maximum Gasteiger partial charge on any atom is 0.335 e. The number of nitrogens with zero attached hydrogens (tertiary/aromatic N) is 1. The van der Waals surface area contributed by atoms with Crippen molar-refractivity contribution >= 4 is 21.7 Å². The van der Waals surface area contributed by atoms with Crippen molar-refractivity contribution in [2.45, 2.75) is 29.9 Å². The number of hydrogen-bond donors (Lipinski definition) is 1. The summed E-state index contributed by atoms with van der Waals surface area (Å²) < 4.78 is 24.8. The Kier molecular flexibility index (Phi) is 4.32. The maximum absolute atomic E-state index is 12.4. The minimum absolute atomic E-state index is 0.00692. The van der Waals surface area contributed by atoms with Gasteiger partial charge in [-0.15, -0.1) is 0 Å². The topological polar surface area (TPSA) is 91.8 Å². The summed E-state index contributed by atoms with van der Waals surface area (Å²) >= 11 is 0. The second-order valence-corrected chi connectivity index (χ2v) is 7.32. The zero-order chi connectivity index (χ0) is 15.6. The first-order chi connectivity index (χ1) is 9.84. The first-order valence-electron chi connectivity index (χ1n) is 6.70. The van der Waals surface area contributed by atoms with E-state index < -0.39 is 27.0 Å². The lowest BCUT2D eigenvalue weighted by atomic mass is 10.2. The highest BCUT2D eigenvalue weighted by atomic mass is 32.2. The number of amides is 1. The van der Waals surface area contributed by atoms with E-state index in [2.05, 4.69) is 0 Å². The molecule has 1 unspecified atom stereocenters. The Labute approximate surface area is 123 Å². The zero-order valence-electron chi connectivity index (χ0n) is 11.7. The predicted molar refractivity (Wildman–Crippen MR) is 75.9 cm³/mol. The van der Waals surface area contributed by atoms with Crippen LogP contribution in [-0.2, 0) is 14.6 Å². The minimum atomic E-state index is -3.80. The lowest BCUT2D eigenvalue weighted by molar-refractivity contribution is -0.129. The van der Waals surface area contributed by atoms with Gasteiger partial charge in [0.25, 0.3) is 0 Å². The van der Waals surface area contributed by atoms with E-state index >= 15 is 0 Å². The third kappa shape index (κ3) is 3.07. The van der Waals surface area contributed by atoms with E-state index in [1.807, 2.05) is 0 Å². The molecular weight excluding hydrogens is 294 g/mol. The molecule has 2 rings (SSSR count). The van der Waals surface area contributed by atoms with Gasteiger partial charge in [0, 0.05) is 13.1 Å². The van der Waals surface area contributed by atoms with Gasteiger partial charge in [-0.25, -0.2) is 13.2 Å². The number of sulfone groups is 1. The molecule has 1 N–H and O–H groups in total. The molecule has 0 bridgehead atoms. The van der Waals surface area contributed by atoms with Crippen LogP contribution in [0.3, 0.4) is 0 Å². The third-order valence-corrected chi connectivity index (χ3v) is 5.72. The normalized spacial score (nSPS) is 16.7. The van der Waals surface area contributed by atoms with Gasteiger partial charge in [-0.3, -0.25) is 4.79 Å². The lowest BCUT2D eigenvalue weighted by Crippen LogP contribution is -2.39. The number of carbonyl (C=O) groups is 2. The monoisotopic (exact) mass is 311 g/mol. The fraction of sp³-hybridized carbons (Fsp3) is 0.429. The molecule has 114 valence electrons. The number of hydrogen-bond acceptors (Lipinski definition) is 4. The second-order valence-electron chi connectivity index (χ2n) is 5.05. The molecule has 0 radical (unpaired) electrons. The van der Waals surface area contributed by atoms with Crippen LogP contribution in [-0.4, -0.2) is 48.6 Å². The van der Waals surface area contributed by atoms with Gasteiger partial charge < -0.3 is 10.0 Å². The first-order valence-corrected chi connectivity index (χ1v) is 8.24. The van der Waals surface area contributed by atoms with Gasteiger partial charge in [0.1, 0.15) is 5.25 Å². The van der Waals surface area contributed by atoms with Crippen LogP contribution in [0.5, 0.6) is 0 Å². The number of rotatable bonds is 4. The highest BCUT2D eigenvalue weighted by Gasteiger charge is 2.33. The van der Waals surface area contributed by atoms with E-state index in [0.717, 1.165) is 12.8 Å². The van der Waals surface area contributed by atoms with Gasteiger partial charge in [-0.05, 0) is 44.0 Å². The number of aromatic carboxylic acids is 1. The standard InChI is InChI=1S/C14H17NO5S/c1-10(13(16)15-8-2-3-9-15)21(19,20)12-6-4-11(5-7-12)14(17)18/h4-7,10H,2-3,8-9H2,1H3,(H,17,18). The molecule has 1 aromatic rings. The summed E-state index contributed by atoms with van der Waals surface area (Å²) in [6.07, 6.45) is 1.79. The summed E-state index contributed by atoms with van der Waals surface area (Å²) in [7, 11) is -3.80. The van der Waals surface area contributed by atoms with Gasteiger partial charge in [0.15, 0.2) is 9.84 Å². The summed E-state index contributed by atoms with van der Waals surface area (Å²) in [5.41, 5.74) is 0.00692. The van der Waals surface area contributed by atoms with E-state index in [1.165, 1.54) is 31.2 Å². The summed E-state index contributed by atoms with van der Waals surface area (Å²) in [5.74, 6) is -1.52. The molecular formula is C14H17NO5S. The van der Waals surface area contributed by atoms with Crippen molar-refractivity contribution in [1.82, 2.24) is 4.90 Å². The fourth-order valence-electron chi connectivity index (χ4n) is 2.32. The number of benzene rings is 1. The van der Waals surface area contributed by atoms with E-state index in [0.29, 0.717) is 13.1 Å². The number of likely N-dealkylation sites (tertiary alicyclic amines) is 1. The van der Waals surface area contributed by atoms with Crippen molar-refractivity contribution < 1.29 is 23.1 Å². The molecule has 0 aliphatic carbocycles. The maximum atomic E-state index is 12.4. The van der Waals surface area contributed by atoms with Gasteiger partial charge in [0.2, 0.25) is 5.91 Å². The molecule has 1 aliphatic heterocycles. The van der Waals surface area contributed by atoms with Crippen LogP contribution >= 0.6 is 0 Å². The molecule has 0 spiro atoms. The fourth-order valence-corrected chi connectivity index (χ4v) is 3.66. The van der Waals surface area contributed by atoms with Crippen molar-refractivity contribution in [1.29, 1.82) is 0 Å². The quantitative estimate of drug-likeness (QED) is 0.901. The number of carboxylic acids is 1. The molecule has 7 heteroatoms. The van der Waals surface area contributed by atoms with Crippen molar-refractivity contribution in [2.75, 3.05) is 13.1 Å². The number of carboxylic acid groups (broad SMARTS) is 1. The number of carbonyl (C=O) groups excluding carboxylic acids is 1. The molecule has 0 aromatic heterocycles. The molecule has 1 saturated heterocycles. The third-order valence-electron chi connectivity index (χ3n) is 3.66. The van der Waals surface area contributed by atoms with Crippen LogP contribution in [0, 0.1) is 0 Å². The molecule has 1 amide bonds. The molecule has 1 fully saturated rings. The Morgan fingerprint density at radius 3 is 2.14 bits per heavy atom. The van der Waals surface area contributed by atoms with Crippen LogP contribution in [0.25, 0.3) is 0 Å². The highest BCUT2D eigenvalue weighted by molar-refractivity contribution is 7.92. The van der Waals surface area contributed by atoms with Crippen LogP contribution in [0.2, 0.25) is 0 Å². The predicted octanol–water partition coefficient (Wildman–Crippen LogP) is 1.17. The summed E-state index contributed by atoms with van der Waals surface area (Å²) in [4.78, 5) is 24.5. The molecule has 0 saturated carbocycles. The Bertz CT molecular complexity index is 644. The van der Waals surface area contributed by atoms with Crippen LogP contribution < -0.4 is 0 Å². The lowest BCUT2D eigenvalue weighted by Gasteiger charge is -2.20. The smallest absolute Gasteiger partial charge is 0.335 e. The van der Waals surface area contributed by atoms with E-state index in [1.54, 1.807) is 4.90 Å². The molecule has 21 heavy (non-hydrogen) atoms. The molecule has 1 heterocycles. The summed E-state index contributed by atoms with van der Waals surface area (Å²) in [6.45, 7) is 2.56. The summed E-state index contributed by atoms with van der Waals surface area (Å²) in [6, 6.07) is 4.91. The zero-order valence-corrected chi connectivity index (χ0v) is 12.5. The van der Waals surface area contributed by atoms with Crippen LogP contribution in [0.4, 0.5) is 0 Å². The minimum Gasteiger partial charge on any atom is -0.478 e. The molecule has 1 atom stereocenters. The van der Waals surface area contributed by atoms with Crippen LogP contribution in [0.15, 0.2) is 29.2 Å². The van der Waals surface area contributed by atoms with Gasteiger partial charge in [-0.1, -0.05) is 0 Å². The average Bonchev–Trinajstić information content (AvgIpc) is 3.00. The molecule has 6 nitrogen and oxygen atoms in total. The summed E-state index contributed by atoms with van der Waals surface area (Å²) in [5, 5.41) is 7.65. The largest absolute Gasteiger partial charge is 0.478 e. The van der Waals surface area contributed by atoms with Gasteiger partial charge >= 0.3 is 5.97 Å². The Hall–Kier alpha value is -1.89. The van der Waals surface area contributed by atoms with Gasteiger partial charge in [-0.2, -0.15) is 0 Å². The Balaban J connectivity index is 2.23. The van der Waals surface area contributed by atoms with E-state index in [9.17, 15) is 18.0 Å². The SMILES string of the molecule is CC(C(=O)N1CCCC1)S(=O)(=O)c1ccc(C(=O)O)cc1. The second kappa shape index (κ2) is 5.85. The highest BCUT2D eigenvalue weighted by Crippen LogP contribution is 2.20. The average molecular weight is 311 g/mol. The van der Waals surface area contributed by atoms with E-state index in [4.69, 9.17) is 5.11 Å². The van der Waals surface area contributed by atoms with Crippen LogP contribution in [0.1, 0.15) is 30.1 Å². The molecule has 1 aliphatic rings. The molecule has 1 aromatic carbocycles. The Morgan fingerprint density at radius 2 is 1.67 bits per heavy atom.